The molecule has 0 radical (unpaired) electrons. The molecule has 1 amide bonds. The zero-order valence-electron chi connectivity index (χ0n) is 12.6. The summed E-state index contributed by atoms with van der Waals surface area (Å²) in [4.78, 5) is 18.6. The van der Waals surface area contributed by atoms with Crippen molar-refractivity contribution in [2.24, 2.45) is 0 Å². The number of hydrogen-bond donors (Lipinski definition) is 1. The molecular formula is C17H17F2N3O. The minimum atomic E-state index is -0.683. The van der Waals surface area contributed by atoms with Crippen LogP contribution in [-0.2, 0) is 0 Å². The summed E-state index contributed by atoms with van der Waals surface area (Å²) in [7, 11) is 0. The van der Waals surface area contributed by atoms with Gasteiger partial charge in [-0.15, -0.1) is 0 Å². The van der Waals surface area contributed by atoms with Crippen LogP contribution in [0.15, 0.2) is 36.5 Å². The van der Waals surface area contributed by atoms with Gasteiger partial charge in [-0.1, -0.05) is 0 Å². The summed E-state index contributed by atoms with van der Waals surface area (Å²) in [6.07, 6.45) is 4.97. The molecule has 6 heteroatoms. The molecule has 120 valence electrons. The number of piperidine rings is 1. The summed E-state index contributed by atoms with van der Waals surface area (Å²) in [6, 6.07) is 6.34. The van der Waals surface area contributed by atoms with Crippen molar-refractivity contribution in [1.82, 2.24) is 4.98 Å². The highest BCUT2D eigenvalue weighted by Gasteiger charge is 2.14. The molecule has 1 aromatic heterocycles. The van der Waals surface area contributed by atoms with Gasteiger partial charge in [0.25, 0.3) is 5.91 Å². The van der Waals surface area contributed by atoms with Crippen molar-refractivity contribution in [3.8, 4) is 0 Å². The van der Waals surface area contributed by atoms with Crippen LogP contribution in [0.5, 0.6) is 0 Å². The highest BCUT2D eigenvalue weighted by molar-refractivity contribution is 6.04. The highest BCUT2D eigenvalue weighted by atomic mass is 19.1. The summed E-state index contributed by atoms with van der Waals surface area (Å²) in [5.41, 5.74) is 0.115. The SMILES string of the molecule is O=C(Nc1cc(F)ccc1F)c1ccc(N2CCCCC2)nc1. The van der Waals surface area contributed by atoms with E-state index in [1.807, 2.05) is 0 Å². The van der Waals surface area contributed by atoms with E-state index in [0.29, 0.717) is 5.56 Å². The zero-order chi connectivity index (χ0) is 16.2. The number of amides is 1. The van der Waals surface area contributed by atoms with Gasteiger partial charge in [-0.3, -0.25) is 4.79 Å². The van der Waals surface area contributed by atoms with Gasteiger partial charge in [0, 0.05) is 25.4 Å². The van der Waals surface area contributed by atoms with E-state index in [0.717, 1.165) is 49.9 Å². The van der Waals surface area contributed by atoms with E-state index in [1.54, 1.807) is 12.1 Å². The van der Waals surface area contributed by atoms with Crippen molar-refractivity contribution in [3.05, 3.63) is 53.7 Å². The lowest BCUT2D eigenvalue weighted by molar-refractivity contribution is 0.102. The second-order valence-corrected chi connectivity index (χ2v) is 5.53. The molecular weight excluding hydrogens is 300 g/mol. The molecule has 1 fully saturated rings. The fraction of sp³-hybridized carbons (Fsp3) is 0.294. The van der Waals surface area contributed by atoms with Crippen molar-refractivity contribution in [2.75, 3.05) is 23.3 Å². The quantitative estimate of drug-likeness (QED) is 0.941. The molecule has 1 aromatic carbocycles. The minimum Gasteiger partial charge on any atom is -0.357 e. The van der Waals surface area contributed by atoms with Crippen LogP contribution in [0.25, 0.3) is 0 Å². The van der Waals surface area contributed by atoms with Gasteiger partial charge in [-0.05, 0) is 43.5 Å². The lowest BCUT2D eigenvalue weighted by Gasteiger charge is -2.27. The number of hydrogen-bond acceptors (Lipinski definition) is 3. The van der Waals surface area contributed by atoms with Crippen LogP contribution in [0, 0.1) is 11.6 Å². The molecule has 1 aliphatic rings. The number of halogens is 2. The van der Waals surface area contributed by atoms with Gasteiger partial charge in [-0.2, -0.15) is 0 Å². The van der Waals surface area contributed by atoms with Crippen molar-refractivity contribution in [1.29, 1.82) is 0 Å². The number of aromatic nitrogens is 1. The number of pyridine rings is 1. The molecule has 1 saturated heterocycles. The lowest BCUT2D eigenvalue weighted by atomic mass is 10.1. The second kappa shape index (κ2) is 6.73. The van der Waals surface area contributed by atoms with E-state index in [1.165, 1.54) is 12.6 Å². The fourth-order valence-electron chi connectivity index (χ4n) is 2.62. The van der Waals surface area contributed by atoms with Gasteiger partial charge < -0.3 is 10.2 Å². The Hall–Kier alpha value is -2.50. The third-order valence-corrected chi connectivity index (χ3v) is 3.87. The molecule has 1 aliphatic heterocycles. The average Bonchev–Trinajstić information content (AvgIpc) is 2.59. The first-order chi connectivity index (χ1) is 11.1. The smallest absolute Gasteiger partial charge is 0.257 e. The van der Waals surface area contributed by atoms with Gasteiger partial charge in [0.05, 0.1) is 11.3 Å². The normalized spacial score (nSPS) is 14.6. The predicted molar refractivity (Wildman–Crippen MR) is 84.6 cm³/mol. The Morgan fingerprint density at radius 1 is 1.09 bits per heavy atom. The van der Waals surface area contributed by atoms with Crippen molar-refractivity contribution >= 4 is 17.4 Å². The number of anilines is 2. The van der Waals surface area contributed by atoms with Crippen LogP contribution in [0.3, 0.4) is 0 Å². The molecule has 4 nitrogen and oxygen atoms in total. The van der Waals surface area contributed by atoms with Crippen molar-refractivity contribution in [3.63, 3.8) is 0 Å². The summed E-state index contributed by atoms with van der Waals surface area (Å²) < 4.78 is 26.7. The van der Waals surface area contributed by atoms with Crippen LogP contribution in [0.2, 0.25) is 0 Å². The van der Waals surface area contributed by atoms with Crippen molar-refractivity contribution < 1.29 is 13.6 Å². The van der Waals surface area contributed by atoms with E-state index < -0.39 is 17.5 Å². The first kappa shape index (κ1) is 15.4. The van der Waals surface area contributed by atoms with Crippen LogP contribution >= 0.6 is 0 Å². The lowest BCUT2D eigenvalue weighted by Crippen LogP contribution is -2.30. The molecule has 1 N–H and O–H groups in total. The number of nitrogens with one attached hydrogen (secondary N) is 1. The Bertz CT molecular complexity index is 697. The number of carbonyl (C=O) groups excluding carboxylic acids is 1. The van der Waals surface area contributed by atoms with Gasteiger partial charge in [-0.25, -0.2) is 13.8 Å². The molecule has 0 saturated carbocycles. The molecule has 2 heterocycles. The predicted octanol–water partition coefficient (Wildman–Crippen LogP) is 3.60. The second-order valence-electron chi connectivity index (χ2n) is 5.53. The molecule has 0 unspecified atom stereocenters. The van der Waals surface area contributed by atoms with E-state index in [4.69, 9.17) is 0 Å². The molecule has 3 rings (SSSR count). The maximum absolute atomic E-state index is 13.5. The summed E-state index contributed by atoms with van der Waals surface area (Å²) in [6.45, 7) is 1.93. The van der Waals surface area contributed by atoms with Crippen LogP contribution in [0.1, 0.15) is 29.6 Å². The number of rotatable bonds is 3. The Labute approximate surface area is 133 Å². The Morgan fingerprint density at radius 2 is 1.87 bits per heavy atom. The maximum Gasteiger partial charge on any atom is 0.257 e. The Balaban J connectivity index is 1.71. The maximum atomic E-state index is 13.5. The van der Waals surface area contributed by atoms with Crippen LogP contribution in [0.4, 0.5) is 20.3 Å². The monoisotopic (exact) mass is 317 g/mol. The Kier molecular flexibility index (Phi) is 4.50. The van der Waals surface area contributed by atoms with Gasteiger partial charge in [0.15, 0.2) is 0 Å². The Morgan fingerprint density at radius 3 is 2.57 bits per heavy atom. The van der Waals surface area contributed by atoms with Gasteiger partial charge >= 0.3 is 0 Å². The molecule has 2 aromatic rings. The van der Waals surface area contributed by atoms with Crippen molar-refractivity contribution in [2.45, 2.75) is 19.3 Å². The third kappa shape index (κ3) is 3.64. The molecule has 0 aliphatic carbocycles. The molecule has 0 spiro atoms. The summed E-state index contributed by atoms with van der Waals surface area (Å²) >= 11 is 0. The topological polar surface area (TPSA) is 45.2 Å². The van der Waals surface area contributed by atoms with E-state index in [2.05, 4.69) is 15.2 Å². The third-order valence-electron chi connectivity index (χ3n) is 3.87. The minimum absolute atomic E-state index is 0.185. The largest absolute Gasteiger partial charge is 0.357 e. The number of benzene rings is 1. The first-order valence-corrected chi connectivity index (χ1v) is 7.61. The van der Waals surface area contributed by atoms with Gasteiger partial charge in [0.2, 0.25) is 0 Å². The molecule has 0 atom stereocenters. The summed E-state index contributed by atoms with van der Waals surface area (Å²) in [5, 5.41) is 2.36. The standard InChI is InChI=1S/C17H17F2N3O/c18-13-5-6-14(19)15(10-13)21-17(23)12-4-7-16(20-11-12)22-8-2-1-3-9-22/h4-7,10-11H,1-3,8-9H2,(H,21,23). The molecule has 0 bridgehead atoms. The van der Waals surface area contributed by atoms with Crippen LogP contribution in [-0.4, -0.2) is 24.0 Å². The van der Waals surface area contributed by atoms with E-state index >= 15 is 0 Å². The summed E-state index contributed by atoms with van der Waals surface area (Å²) in [5.74, 6) is -0.983. The first-order valence-electron chi connectivity index (χ1n) is 7.61. The fourth-order valence-corrected chi connectivity index (χ4v) is 2.62. The zero-order valence-corrected chi connectivity index (χ0v) is 12.6. The highest BCUT2D eigenvalue weighted by Crippen LogP contribution is 2.19. The molecule has 23 heavy (non-hydrogen) atoms. The van der Waals surface area contributed by atoms with E-state index in [9.17, 15) is 13.6 Å². The van der Waals surface area contributed by atoms with E-state index in [-0.39, 0.29) is 5.69 Å². The van der Waals surface area contributed by atoms with Gasteiger partial charge in [0.1, 0.15) is 17.5 Å². The average molecular weight is 317 g/mol. The van der Waals surface area contributed by atoms with Crippen LogP contribution < -0.4 is 10.2 Å². The number of carbonyl (C=O) groups is 1. The number of nitrogens with zero attached hydrogens (tertiary/aromatic N) is 2.